The topological polar surface area (TPSA) is 31.2 Å². The Morgan fingerprint density at radius 3 is 0.911 bits per heavy atom. The second kappa shape index (κ2) is 27.2. The third-order valence-electron chi connectivity index (χ3n) is 10.6. The van der Waals surface area contributed by atoms with Gasteiger partial charge in [-0.05, 0) is 96.5 Å². The van der Waals surface area contributed by atoms with E-state index in [1.807, 2.05) is 12.4 Å². The second-order valence-electron chi connectivity index (χ2n) is 15.4. The highest BCUT2D eigenvalue weighted by Crippen LogP contribution is 2.22. The molecule has 0 bridgehead atoms. The lowest BCUT2D eigenvalue weighted by atomic mass is 10.1. The smallest absolute Gasteiger partial charge is 0.0630 e. The van der Waals surface area contributed by atoms with Crippen molar-refractivity contribution in [1.82, 2.24) is 0 Å². The summed E-state index contributed by atoms with van der Waals surface area (Å²) in [6.07, 6.45) is 29.0. The van der Waals surface area contributed by atoms with Crippen molar-refractivity contribution in [3.63, 3.8) is 0 Å². The van der Waals surface area contributed by atoms with Crippen molar-refractivity contribution in [3.05, 3.63) is 119 Å². The number of unbranched alkanes of at least 4 members (excludes halogenated alkanes) is 12. The molecule has 0 fully saturated rings. The van der Waals surface area contributed by atoms with Crippen molar-refractivity contribution in [2.75, 3.05) is 36.0 Å². The Balaban J connectivity index is 1.26. The van der Waals surface area contributed by atoms with Crippen molar-refractivity contribution >= 4 is 47.3 Å². The predicted molar refractivity (Wildman–Crippen MR) is 250 cm³/mol. The first-order valence-electron chi connectivity index (χ1n) is 22.3. The van der Waals surface area contributed by atoms with Gasteiger partial charge in [-0.25, -0.2) is 0 Å². The highest BCUT2D eigenvalue weighted by atomic mass is 15.1. The average molecular weight is 753 g/mol. The molecule has 0 N–H and O–H groups in total. The maximum absolute atomic E-state index is 4.77. The van der Waals surface area contributed by atoms with Crippen molar-refractivity contribution in [1.29, 1.82) is 0 Å². The van der Waals surface area contributed by atoms with Crippen LogP contribution in [0.25, 0.3) is 12.2 Å². The fraction of sp³-hybridized carbons (Fsp3) is 0.462. The van der Waals surface area contributed by atoms with Crippen LogP contribution in [0.5, 0.6) is 0 Å². The monoisotopic (exact) mass is 753 g/mol. The number of rotatable bonds is 28. The van der Waals surface area contributed by atoms with E-state index in [-0.39, 0.29) is 0 Å². The zero-order chi connectivity index (χ0) is 39.5. The van der Waals surface area contributed by atoms with Crippen molar-refractivity contribution in [2.45, 2.75) is 130 Å². The van der Waals surface area contributed by atoms with Crippen LogP contribution in [0.3, 0.4) is 0 Å². The van der Waals surface area contributed by atoms with Gasteiger partial charge in [-0.2, -0.15) is 0 Å². The predicted octanol–water partition coefficient (Wildman–Crippen LogP) is 15.3. The molecule has 0 atom stereocenters. The third kappa shape index (κ3) is 17.1. The molecule has 4 nitrogen and oxygen atoms in total. The molecule has 0 aliphatic heterocycles. The van der Waals surface area contributed by atoms with Gasteiger partial charge in [0.2, 0.25) is 0 Å². The number of nitrogens with zero attached hydrogens (tertiary/aromatic N) is 4. The summed E-state index contributed by atoms with van der Waals surface area (Å²) in [4.78, 5) is 14.7. The molecule has 0 aliphatic carbocycles. The SMILES string of the molecule is CCCCCCN(CCCCCC)c1ccc(C=Nc2ccc(/C=C/c3ccc(N=Cc4ccc(N(CCCCCC)CCCCCC)cc4)cc3)cc2)cc1. The largest absolute Gasteiger partial charge is 0.372 e. The molecule has 0 radical (unpaired) electrons. The minimum absolute atomic E-state index is 0.957. The average Bonchev–Trinajstić information content (AvgIpc) is 3.24. The first kappa shape index (κ1) is 44.3. The second-order valence-corrected chi connectivity index (χ2v) is 15.4. The molecule has 0 aromatic heterocycles. The number of benzene rings is 4. The molecule has 0 spiro atoms. The summed E-state index contributed by atoms with van der Waals surface area (Å²) in [6.45, 7) is 13.7. The zero-order valence-electron chi connectivity index (χ0n) is 35.5. The molecule has 4 aromatic carbocycles. The van der Waals surface area contributed by atoms with Crippen LogP contribution in [-0.4, -0.2) is 38.6 Å². The molecule has 0 unspecified atom stereocenters. The first-order chi connectivity index (χ1) is 27.6. The maximum atomic E-state index is 4.77. The number of hydrogen-bond acceptors (Lipinski definition) is 4. The van der Waals surface area contributed by atoms with Crippen molar-refractivity contribution < 1.29 is 0 Å². The minimum atomic E-state index is 0.957. The highest BCUT2D eigenvalue weighted by molar-refractivity contribution is 5.83. The summed E-state index contributed by atoms with van der Waals surface area (Å²) in [5, 5.41) is 0. The molecule has 0 aliphatic rings. The normalized spacial score (nSPS) is 11.7. The lowest BCUT2D eigenvalue weighted by Crippen LogP contribution is -2.25. The van der Waals surface area contributed by atoms with Gasteiger partial charge in [0.1, 0.15) is 0 Å². The Labute approximate surface area is 341 Å². The van der Waals surface area contributed by atoms with Gasteiger partial charge in [0.25, 0.3) is 0 Å². The fourth-order valence-electron chi connectivity index (χ4n) is 7.03. The Morgan fingerprint density at radius 1 is 0.339 bits per heavy atom. The summed E-state index contributed by atoms with van der Waals surface area (Å²) in [7, 11) is 0. The van der Waals surface area contributed by atoms with Gasteiger partial charge in [-0.3, -0.25) is 9.98 Å². The van der Waals surface area contributed by atoms with Gasteiger partial charge in [0, 0.05) is 50.0 Å². The van der Waals surface area contributed by atoms with E-state index < -0.39 is 0 Å². The van der Waals surface area contributed by atoms with Crippen molar-refractivity contribution in [3.8, 4) is 0 Å². The van der Waals surface area contributed by atoms with E-state index in [1.165, 1.54) is 114 Å². The van der Waals surface area contributed by atoms with Crippen LogP contribution >= 0.6 is 0 Å². The van der Waals surface area contributed by atoms with Crippen LogP contribution in [0.4, 0.5) is 22.7 Å². The van der Waals surface area contributed by atoms with Gasteiger partial charge in [-0.15, -0.1) is 0 Å². The van der Waals surface area contributed by atoms with Gasteiger partial charge in [0.15, 0.2) is 0 Å². The van der Waals surface area contributed by atoms with E-state index in [9.17, 15) is 0 Å². The summed E-state index contributed by atoms with van der Waals surface area (Å²) in [6, 6.07) is 34.7. The molecule has 0 heterocycles. The van der Waals surface area contributed by atoms with E-state index in [2.05, 4.69) is 147 Å². The summed E-state index contributed by atoms with van der Waals surface area (Å²) in [5.41, 5.74) is 9.13. The van der Waals surface area contributed by atoms with Crippen LogP contribution in [-0.2, 0) is 0 Å². The highest BCUT2D eigenvalue weighted by Gasteiger charge is 2.08. The van der Waals surface area contributed by atoms with Crippen LogP contribution in [0.15, 0.2) is 107 Å². The number of hydrogen-bond donors (Lipinski definition) is 0. The zero-order valence-corrected chi connectivity index (χ0v) is 35.5. The Bertz CT molecular complexity index is 1520. The van der Waals surface area contributed by atoms with E-state index in [4.69, 9.17) is 9.98 Å². The molecule has 0 saturated carbocycles. The summed E-state index contributed by atoms with van der Waals surface area (Å²) < 4.78 is 0. The Morgan fingerprint density at radius 2 is 0.625 bits per heavy atom. The van der Waals surface area contributed by atoms with Crippen LogP contribution < -0.4 is 9.80 Å². The lowest BCUT2D eigenvalue weighted by Gasteiger charge is -2.25. The quantitative estimate of drug-likeness (QED) is 0.0329. The Hall–Kier alpha value is -4.44. The van der Waals surface area contributed by atoms with Crippen molar-refractivity contribution in [2.24, 2.45) is 9.98 Å². The van der Waals surface area contributed by atoms with Crippen LogP contribution in [0, 0.1) is 0 Å². The molecule has 0 amide bonds. The molecule has 4 rings (SSSR count). The Kier molecular flexibility index (Phi) is 21.5. The number of aliphatic imine (C=N–C) groups is 2. The van der Waals surface area contributed by atoms with Gasteiger partial charge in [0.05, 0.1) is 11.4 Å². The van der Waals surface area contributed by atoms with Gasteiger partial charge in [-0.1, -0.05) is 165 Å². The fourth-order valence-corrected chi connectivity index (χ4v) is 7.03. The lowest BCUT2D eigenvalue weighted by molar-refractivity contribution is 0.609. The summed E-state index contributed by atoms with van der Waals surface area (Å²) in [5.74, 6) is 0. The van der Waals surface area contributed by atoms with Crippen LogP contribution in [0.1, 0.15) is 153 Å². The minimum Gasteiger partial charge on any atom is -0.372 e. The molecular formula is C52H72N4. The maximum Gasteiger partial charge on any atom is 0.0630 e. The molecule has 300 valence electrons. The third-order valence-corrected chi connectivity index (χ3v) is 10.6. The molecule has 0 saturated heterocycles. The van der Waals surface area contributed by atoms with Gasteiger partial charge >= 0.3 is 0 Å². The molecule has 4 heteroatoms. The first-order valence-corrected chi connectivity index (χ1v) is 22.3. The van der Waals surface area contributed by atoms with Crippen LogP contribution in [0.2, 0.25) is 0 Å². The van der Waals surface area contributed by atoms with E-state index in [1.54, 1.807) is 0 Å². The molecular weight excluding hydrogens is 681 g/mol. The standard InChI is InChI=1S/C52H72N4/c1-5-9-13-17-39-55(40-18-14-10-6-2)51-35-27-47(28-36-51)43-53-49-31-23-45(24-32-49)21-22-46-25-33-50(34-26-46)54-44-48-29-37-52(38-30-48)56(41-19-15-11-7-3)42-20-16-12-8-4/h21-38,43-44H,5-20,39-42H2,1-4H3/b22-21+,53-43?,54-44?. The summed E-state index contributed by atoms with van der Waals surface area (Å²) >= 11 is 0. The van der Waals surface area contributed by atoms with Gasteiger partial charge < -0.3 is 9.80 Å². The molecule has 4 aromatic rings. The molecule has 56 heavy (non-hydrogen) atoms. The number of anilines is 2. The van der Waals surface area contributed by atoms with E-state index >= 15 is 0 Å². The van der Waals surface area contributed by atoms with E-state index in [0.717, 1.165) is 59.8 Å². The van der Waals surface area contributed by atoms with E-state index in [0.29, 0.717) is 0 Å².